The topological polar surface area (TPSA) is 9.23 Å². The lowest BCUT2D eigenvalue weighted by Gasteiger charge is -2.23. The zero-order valence-corrected chi connectivity index (χ0v) is 13.0. The van der Waals surface area contributed by atoms with E-state index in [-0.39, 0.29) is 23.5 Å². The van der Waals surface area contributed by atoms with Gasteiger partial charge in [-0.1, -0.05) is 30.1 Å². The second kappa shape index (κ2) is 5.26. The minimum atomic E-state index is -0.138. The van der Waals surface area contributed by atoms with Crippen LogP contribution in [0.4, 0.5) is 0 Å². The fraction of sp³-hybridized carbons (Fsp3) is 0.667. The third kappa shape index (κ3) is 2.62. The maximum atomic E-state index is 6.57. The molecule has 0 aliphatic carbocycles. The number of thiophene rings is 1. The molecule has 1 aromatic heterocycles. The number of halogens is 3. The summed E-state index contributed by atoms with van der Waals surface area (Å²) in [7, 11) is 0. The molecule has 1 aliphatic rings. The van der Waals surface area contributed by atoms with Gasteiger partial charge in [0.15, 0.2) is 0 Å². The van der Waals surface area contributed by atoms with Crippen LogP contribution in [0.1, 0.15) is 31.7 Å². The molecule has 0 bridgehead atoms. The van der Waals surface area contributed by atoms with Crippen LogP contribution in [0.2, 0.25) is 8.67 Å². The van der Waals surface area contributed by atoms with Gasteiger partial charge in [-0.25, -0.2) is 0 Å². The Hall–Kier alpha value is 0.530. The quantitative estimate of drug-likeness (QED) is 0.665. The van der Waals surface area contributed by atoms with Crippen molar-refractivity contribution in [2.45, 2.75) is 38.4 Å². The molecule has 5 unspecified atom stereocenters. The van der Waals surface area contributed by atoms with Crippen molar-refractivity contribution in [2.24, 2.45) is 11.8 Å². The van der Waals surface area contributed by atoms with Gasteiger partial charge in [-0.15, -0.1) is 22.9 Å². The molecular formula is C12H15Cl3OS. The fourth-order valence-electron chi connectivity index (χ4n) is 2.55. The van der Waals surface area contributed by atoms with Crippen LogP contribution in [0, 0.1) is 11.8 Å². The van der Waals surface area contributed by atoms with E-state index in [2.05, 4.69) is 20.8 Å². The number of ether oxygens (including phenoxy) is 1. The van der Waals surface area contributed by atoms with Gasteiger partial charge in [0.2, 0.25) is 0 Å². The average molecular weight is 314 g/mol. The van der Waals surface area contributed by atoms with E-state index in [1.54, 1.807) is 0 Å². The number of rotatable bonds is 2. The summed E-state index contributed by atoms with van der Waals surface area (Å²) in [6, 6.07) is 1.87. The second-order valence-corrected chi connectivity index (χ2v) is 7.42. The van der Waals surface area contributed by atoms with Crippen LogP contribution in [0.5, 0.6) is 0 Å². The van der Waals surface area contributed by atoms with Gasteiger partial charge in [-0.2, -0.15) is 0 Å². The van der Waals surface area contributed by atoms with Crippen molar-refractivity contribution in [1.82, 2.24) is 0 Å². The molecule has 0 aromatic carbocycles. The van der Waals surface area contributed by atoms with Gasteiger partial charge in [0.1, 0.15) is 0 Å². The molecule has 2 rings (SSSR count). The number of alkyl halides is 1. The molecule has 2 heterocycles. The van der Waals surface area contributed by atoms with E-state index in [0.29, 0.717) is 14.6 Å². The average Bonchev–Trinajstić information content (AvgIpc) is 2.68. The molecule has 96 valence electrons. The molecule has 1 aliphatic heterocycles. The lowest BCUT2D eigenvalue weighted by atomic mass is 9.85. The van der Waals surface area contributed by atoms with Crippen LogP contribution in [0.15, 0.2) is 6.07 Å². The van der Waals surface area contributed by atoms with Crippen LogP contribution in [0.25, 0.3) is 0 Å². The first-order valence-corrected chi connectivity index (χ1v) is 7.67. The molecule has 0 saturated carbocycles. The lowest BCUT2D eigenvalue weighted by molar-refractivity contribution is 0.0508. The maximum Gasteiger partial charge on any atom is 0.0991 e. The van der Waals surface area contributed by atoms with Crippen molar-refractivity contribution in [3.05, 3.63) is 20.3 Å². The Bertz CT molecular complexity index is 406. The van der Waals surface area contributed by atoms with Crippen molar-refractivity contribution in [3.8, 4) is 0 Å². The van der Waals surface area contributed by atoms with Crippen LogP contribution in [0.3, 0.4) is 0 Å². The van der Waals surface area contributed by atoms with Crippen molar-refractivity contribution in [3.63, 3.8) is 0 Å². The first kappa shape index (κ1) is 14.0. The lowest BCUT2D eigenvalue weighted by Crippen LogP contribution is -2.22. The van der Waals surface area contributed by atoms with Gasteiger partial charge in [0.05, 0.1) is 26.3 Å². The van der Waals surface area contributed by atoms with E-state index in [9.17, 15) is 0 Å². The molecule has 5 heteroatoms. The second-order valence-electron chi connectivity index (χ2n) is 4.66. The van der Waals surface area contributed by atoms with E-state index in [1.807, 2.05) is 6.07 Å². The molecule has 1 aromatic rings. The first-order valence-electron chi connectivity index (χ1n) is 5.66. The Morgan fingerprint density at radius 3 is 2.29 bits per heavy atom. The monoisotopic (exact) mass is 312 g/mol. The Labute approximate surface area is 121 Å². The predicted octanol–water partition coefficient (Wildman–Crippen LogP) is 5.39. The molecule has 0 N–H and O–H groups in total. The summed E-state index contributed by atoms with van der Waals surface area (Å²) >= 11 is 20.1. The Kier molecular flexibility index (Phi) is 4.32. The summed E-state index contributed by atoms with van der Waals surface area (Å²) in [5.41, 5.74) is 0.935. The molecule has 1 nitrogen and oxygen atoms in total. The highest BCUT2D eigenvalue weighted by atomic mass is 35.5. The molecule has 5 atom stereocenters. The maximum absolute atomic E-state index is 6.57. The van der Waals surface area contributed by atoms with E-state index in [1.165, 1.54) is 11.3 Å². The highest BCUT2D eigenvalue weighted by Crippen LogP contribution is 2.48. The SMILES string of the molecule is CC1OC(C)C(C(Cl)c2cc(Cl)sc2Cl)C1C. The van der Waals surface area contributed by atoms with Crippen molar-refractivity contribution < 1.29 is 4.74 Å². The summed E-state index contributed by atoms with van der Waals surface area (Å²) in [6.45, 7) is 6.34. The molecule has 1 saturated heterocycles. The molecule has 17 heavy (non-hydrogen) atoms. The van der Waals surface area contributed by atoms with E-state index in [4.69, 9.17) is 39.5 Å². The third-order valence-electron chi connectivity index (χ3n) is 3.64. The molecule has 0 amide bonds. The summed E-state index contributed by atoms with van der Waals surface area (Å²) in [5, 5.41) is -0.138. The molecule has 0 radical (unpaired) electrons. The molecular weight excluding hydrogens is 299 g/mol. The number of hydrogen-bond donors (Lipinski definition) is 0. The largest absolute Gasteiger partial charge is 0.375 e. The first-order chi connectivity index (χ1) is 7.91. The van der Waals surface area contributed by atoms with Crippen molar-refractivity contribution >= 4 is 46.1 Å². The predicted molar refractivity (Wildman–Crippen MR) is 75.6 cm³/mol. The molecule has 0 spiro atoms. The summed E-state index contributed by atoms with van der Waals surface area (Å²) in [4.78, 5) is 0. The Balaban J connectivity index is 2.25. The van der Waals surface area contributed by atoms with Gasteiger partial charge in [0, 0.05) is 11.5 Å². The Morgan fingerprint density at radius 1 is 1.24 bits per heavy atom. The zero-order chi connectivity index (χ0) is 12.7. The number of hydrogen-bond acceptors (Lipinski definition) is 2. The van der Waals surface area contributed by atoms with Crippen molar-refractivity contribution in [1.29, 1.82) is 0 Å². The van der Waals surface area contributed by atoms with E-state index < -0.39 is 0 Å². The Morgan fingerprint density at radius 2 is 1.88 bits per heavy atom. The van der Waals surface area contributed by atoms with Gasteiger partial charge in [0.25, 0.3) is 0 Å². The van der Waals surface area contributed by atoms with Crippen LogP contribution < -0.4 is 0 Å². The van der Waals surface area contributed by atoms with Crippen LogP contribution >= 0.6 is 46.1 Å². The van der Waals surface area contributed by atoms with Gasteiger partial charge < -0.3 is 4.74 Å². The third-order valence-corrected chi connectivity index (χ3v) is 5.68. The minimum absolute atomic E-state index is 0.138. The van der Waals surface area contributed by atoms with Crippen LogP contribution in [-0.4, -0.2) is 12.2 Å². The van der Waals surface area contributed by atoms with Crippen LogP contribution in [-0.2, 0) is 4.74 Å². The summed E-state index contributed by atoms with van der Waals surface area (Å²) in [6.07, 6.45) is 0.390. The van der Waals surface area contributed by atoms with Gasteiger partial charge in [-0.3, -0.25) is 0 Å². The summed E-state index contributed by atoms with van der Waals surface area (Å²) < 4.78 is 7.19. The van der Waals surface area contributed by atoms with Gasteiger partial charge >= 0.3 is 0 Å². The zero-order valence-electron chi connectivity index (χ0n) is 9.91. The van der Waals surface area contributed by atoms with Crippen molar-refractivity contribution in [2.75, 3.05) is 0 Å². The normalized spacial score (nSPS) is 35.2. The summed E-state index contributed by atoms with van der Waals surface area (Å²) in [5.74, 6) is 0.692. The fourth-order valence-corrected chi connectivity index (χ4v) is 4.82. The standard InChI is InChI=1S/C12H15Cl3OS/c1-5-6(2)16-7(3)10(5)11(14)8-4-9(13)17-12(8)15/h4-7,10-11H,1-3H3. The molecule has 1 fully saturated rings. The highest BCUT2D eigenvalue weighted by Gasteiger charge is 2.42. The van der Waals surface area contributed by atoms with Gasteiger partial charge in [-0.05, 0) is 25.8 Å². The highest BCUT2D eigenvalue weighted by molar-refractivity contribution is 7.20. The van der Waals surface area contributed by atoms with E-state index >= 15 is 0 Å². The minimum Gasteiger partial charge on any atom is -0.375 e. The smallest absolute Gasteiger partial charge is 0.0991 e. The van der Waals surface area contributed by atoms with E-state index in [0.717, 1.165) is 5.56 Å².